The molecule has 22 heavy (non-hydrogen) atoms. The van der Waals surface area contributed by atoms with Crippen molar-refractivity contribution in [3.8, 4) is 10.4 Å². The number of pyridine rings is 1. The van der Waals surface area contributed by atoms with Crippen LogP contribution < -0.4 is 5.32 Å². The van der Waals surface area contributed by atoms with Crippen molar-refractivity contribution in [2.45, 2.75) is 0 Å². The summed E-state index contributed by atoms with van der Waals surface area (Å²) in [6.07, 6.45) is 0. The molecule has 6 heteroatoms. The van der Waals surface area contributed by atoms with Crippen LogP contribution in [-0.4, -0.2) is 21.6 Å². The van der Waals surface area contributed by atoms with Crippen LogP contribution in [0.5, 0.6) is 0 Å². The molecule has 0 aliphatic carbocycles. The summed E-state index contributed by atoms with van der Waals surface area (Å²) in [5.41, 5.74) is 4.32. The van der Waals surface area contributed by atoms with Gasteiger partial charge in [-0.25, -0.2) is 9.97 Å². The second-order valence-corrected chi connectivity index (χ2v) is 7.06. The second-order valence-electron chi connectivity index (χ2n) is 5.04. The van der Waals surface area contributed by atoms with Crippen LogP contribution in [0.3, 0.4) is 0 Å². The van der Waals surface area contributed by atoms with E-state index < -0.39 is 0 Å². The van der Waals surface area contributed by atoms with Gasteiger partial charge in [0.25, 0.3) is 0 Å². The predicted octanol–water partition coefficient (Wildman–Crippen LogP) is 4.50. The summed E-state index contributed by atoms with van der Waals surface area (Å²) in [5, 5.41) is 3.17. The molecule has 110 valence electrons. The van der Waals surface area contributed by atoms with Gasteiger partial charge in [0.15, 0.2) is 9.65 Å². The Hall–Kier alpha value is -1.67. The Morgan fingerprint density at radius 1 is 1.18 bits per heavy atom. The maximum atomic E-state index is 4.74. The van der Waals surface area contributed by atoms with Gasteiger partial charge in [-0.05, 0) is 34.2 Å². The first-order valence-corrected chi connectivity index (χ1v) is 8.77. The first-order valence-electron chi connectivity index (χ1n) is 6.87. The molecular formula is C16H13IN4S. The average Bonchev–Trinajstić information content (AvgIpc) is 3.09. The molecule has 0 radical (unpaired) electrons. The van der Waals surface area contributed by atoms with Crippen molar-refractivity contribution in [2.24, 2.45) is 7.05 Å². The van der Waals surface area contributed by atoms with Crippen LogP contribution in [0.1, 0.15) is 0 Å². The molecule has 0 saturated heterocycles. The highest BCUT2D eigenvalue weighted by Crippen LogP contribution is 2.38. The van der Waals surface area contributed by atoms with E-state index in [9.17, 15) is 0 Å². The minimum Gasteiger partial charge on any atom is -0.371 e. The summed E-state index contributed by atoms with van der Waals surface area (Å²) >= 11 is 4.03. The van der Waals surface area contributed by atoms with Gasteiger partial charge >= 0.3 is 0 Å². The van der Waals surface area contributed by atoms with Crippen molar-refractivity contribution in [1.29, 1.82) is 0 Å². The lowest BCUT2D eigenvalue weighted by molar-refractivity contribution is 0.912. The molecule has 3 heterocycles. The van der Waals surface area contributed by atoms with Crippen molar-refractivity contribution >= 4 is 61.0 Å². The molecule has 0 bridgehead atoms. The number of anilines is 1. The van der Waals surface area contributed by atoms with Gasteiger partial charge in [0, 0.05) is 19.0 Å². The minimum atomic E-state index is 0.832. The van der Waals surface area contributed by atoms with Gasteiger partial charge in [-0.2, -0.15) is 0 Å². The van der Waals surface area contributed by atoms with E-state index in [4.69, 9.17) is 4.98 Å². The number of benzene rings is 1. The normalized spacial score (nSPS) is 11.4. The molecule has 0 atom stereocenters. The Kier molecular flexibility index (Phi) is 3.30. The van der Waals surface area contributed by atoms with Crippen LogP contribution in [0.2, 0.25) is 0 Å². The Morgan fingerprint density at radius 2 is 1.95 bits per heavy atom. The summed E-state index contributed by atoms with van der Waals surface area (Å²) in [6.45, 7) is 0. The van der Waals surface area contributed by atoms with E-state index in [1.54, 1.807) is 11.3 Å². The highest BCUT2D eigenvalue weighted by Gasteiger charge is 2.17. The number of hydrogen-bond acceptors (Lipinski definition) is 4. The van der Waals surface area contributed by atoms with Gasteiger partial charge in [0.2, 0.25) is 0 Å². The molecule has 3 aromatic heterocycles. The minimum absolute atomic E-state index is 0.832. The molecular weight excluding hydrogens is 407 g/mol. The van der Waals surface area contributed by atoms with Gasteiger partial charge < -0.3 is 9.88 Å². The van der Waals surface area contributed by atoms with Crippen molar-refractivity contribution < 1.29 is 0 Å². The van der Waals surface area contributed by atoms with E-state index in [2.05, 4.69) is 74.8 Å². The summed E-state index contributed by atoms with van der Waals surface area (Å²) in [5.74, 6) is 0.832. The lowest BCUT2D eigenvalue weighted by Gasteiger charge is -2.02. The number of aromatic nitrogens is 3. The monoisotopic (exact) mass is 420 g/mol. The third-order valence-corrected chi connectivity index (χ3v) is 5.86. The van der Waals surface area contributed by atoms with Crippen LogP contribution in [0, 0.1) is 3.83 Å². The Labute approximate surface area is 145 Å². The Balaban J connectivity index is 2.09. The van der Waals surface area contributed by atoms with E-state index >= 15 is 0 Å². The molecule has 0 saturated carbocycles. The van der Waals surface area contributed by atoms with Gasteiger partial charge in [-0.15, -0.1) is 11.3 Å². The molecule has 1 aromatic carbocycles. The zero-order valence-electron chi connectivity index (χ0n) is 12.1. The van der Waals surface area contributed by atoms with E-state index in [0.717, 1.165) is 26.2 Å². The smallest absolute Gasteiger partial charge is 0.172 e. The fourth-order valence-corrected chi connectivity index (χ4v) is 4.29. The summed E-state index contributed by atoms with van der Waals surface area (Å²) in [4.78, 5) is 10.6. The van der Waals surface area contributed by atoms with Gasteiger partial charge in [0.05, 0.1) is 15.7 Å². The topological polar surface area (TPSA) is 42.7 Å². The van der Waals surface area contributed by atoms with E-state index in [-0.39, 0.29) is 0 Å². The summed E-state index contributed by atoms with van der Waals surface area (Å²) in [6, 6.07) is 12.6. The fourth-order valence-electron chi connectivity index (χ4n) is 2.62. The SMILES string of the molecule is CNc1nc2cc(-c3ccccc3)sc2c2c1nc(I)n2C. The van der Waals surface area contributed by atoms with Crippen molar-refractivity contribution in [2.75, 3.05) is 12.4 Å². The van der Waals surface area contributed by atoms with E-state index in [1.165, 1.54) is 15.1 Å². The summed E-state index contributed by atoms with van der Waals surface area (Å²) in [7, 11) is 3.94. The van der Waals surface area contributed by atoms with Crippen LogP contribution >= 0.6 is 33.9 Å². The first-order chi connectivity index (χ1) is 10.7. The summed E-state index contributed by atoms with van der Waals surface area (Å²) < 4.78 is 4.28. The number of aryl methyl sites for hydroxylation is 1. The van der Waals surface area contributed by atoms with E-state index in [0.29, 0.717) is 0 Å². The molecule has 0 fully saturated rings. The number of rotatable bonds is 2. The van der Waals surface area contributed by atoms with Crippen LogP contribution in [0.4, 0.5) is 5.82 Å². The van der Waals surface area contributed by atoms with Crippen LogP contribution in [-0.2, 0) is 7.05 Å². The Morgan fingerprint density at radius 3 is 2.68 bits per heavy atom. The Bertz CT molecular complexity index is 988. The number of hydrogen-bond donors (Lipinski definition) is 1. The lowest BCUT2D eigenvalue weighted by Crippen LogP contribution is -1.94. The predicted molar refractivity (Wildman–Crippen MR) is 102 cm³/mol. The number of nitrogens with one attached hydrogen (secondary N) is 1. The molecule has 0 aliphatic heterocycles. The molecule has 4 nitrogen and oxygen atoms in total. The van der Waals surface area contributed by atoms with Gasteiger partial charge in [0.1, 0.15) is 5.52 Å². The number of imidazole rings is 1. The highest BCUT2D eigenvalue weighted by atomic mass is 127. The fraction of sp³-hybridized carbons (Fsp3) is 0.125. The third kappa shape index (κ3) is 2.01. The quantitative estimate of drug-likeness (QED) is 0.486. The molecule has 4 aromatic rings. The van der Waals surface area contributed by atoms with E-state index in [1.807, 2.05) is 13.1 Å². The number of halogens is 1. The molecule has 0 spiro atoms. The largest absolute Gasteiger partial charge is 0.371 e. The lowest BCUT2D eigenvalue weighted by atomic mass is 10.2. The van der Waals surface area contributed by atoms with Crippen molar-refractivity contribution in [1.82, 2.24) is 14.5 Å². The highest BCUT2D eigenvalue weighted by molar-refractivity contribution is 14.1. The zero-order valence-corrected chi connectivity index (χ0v) is 15.1. The maximum Gasteiger partial charge on any atom is 0.172 e. The van der Waals surface area contributed by atoms with Crippen molar-refractivity contribution in [3.05, 3.63) is 40.2 Å². The molecule has 0 unspecified atom stereocenters. The first kappa shape index (κ1) is 14.0. The molecule has 0 amide bonds. The molecule has 4 rings (SSSR count). The van der Waals surface area contributed by atoms with Crippen LogP contribution in [0.25, 0.3) is 31.7 Å². The van der Waals surface area contributed by atoms with Crippen molar-refractivity contribution in [3.63, 3.8) is 0 Å². The van der Waals surface area contributed by atoms with Gasteiger partial charge in [-0.3, -0.25) is 0 Å². The van der Waals surface area contributed by atoms with Gasteiger partial charge in [-0.1, -0.05) is 30.3 Å². The zero-order chi connectivity index (χ0) is 15.3. The number of fused-ring (bicyclic) bond motifs is 3. The third-order valence-electron chi connectivity index (χ3n) is 3.72. The number of thiophene rings is 1. The molecule has 0 aliphatic rings. The molecule has 1 N–H and O–H groups in total. The average molecular weight is 420 g/mol. The number of nitrogens with zero attached hydrogens (tertiary/aromatic N) is 3. The van der Waals surface area contributed by atoms with Crippen LogP contribution in [0.15, 0.2) is 36.4 Å². The second kappa shape index (κ2) is 5.20. The standard InChI is InChI=1S/C16H13IN4S/c1-18-15-12-13(21(2)16(17)20-12)14-10(19-15)8-11(22-14)9-6-4-3-5-7-9/h3-8H,1-2H3,(H,18,19). The maximum absolute atomic E-state index is 4.74.